The molecule has 6 aliphatic carbocycles. The molecule has 0 heterocycles. The first-order valence-electron chi connectivity index (χ1n) is 13.5. The predicted molar refractivity (Wildman–Crippen MR) is 226 cm³/mol. The van der Waals surface area contributed by atoms with Crippen molar-refractivity contribution >= 4 is 131 Å². The van der Waals surface area contributed by atoms with Gasteiger partial charge in [0.05, 0.1) is 0 Å². The molecule has 0 aromatic heterocycles. The zero-order chi connectivity index (χ0) is 29.4. The van der Waals surface area contributed by atoms with Crippen molar-refractivity contribution in [1.82, 2.24) is 0 Å². The number of rotatable bonds is 3. The van der Waals surface area contributed by atoms with E-state index in [1.807, 2.05) is 14.1 Å². The van der Waals surface area contributed by atoms with Crippen LogP contribution in [-0.2, 0) is 0 Å². The maximum atomic E-state index is 5.24. The fourth-order valence-corrected chi connectivity index (χ4v) is 6.45. The van der Waals surface area contributed by atoms with Crippen molar-refractivity contribution in [2.24, 2.45) is 50.4 Å². The summed E-state index contributed by atoms with van der Waals surface area (Å²) >= 11 is 9.60. The Balaban J connectivity index is 0. The monoisotopic (exact) mass is 1190 g/mol. The van der Waals surface area contributed by atoms with Crippen LogP contribution in [0.4, 0.5) is 0 Å². The second kappa shape index (κ2) is 23.3. The summed E-state index contributed by atoms with van der Waals surface area (Å²) < 4.78 is 0. The van der Waals surface area contributed by atoms with Crippen molar-refractivity contribution in [3.05, 3.63) is 0 Å². The molecule has 216 valence electrons. The number of nitrogens with zero attached hydrogens (tertiary/aromatic N) is 2. The molecule has 10 heteroatoms. The van der Waals surface area contributed by atoms with Crippen LogP contribution < -0.4 is 0 Å². The number of fused-ring (bicyclic) bond motifs is 4. The Morgan fingerprint density at radius 2 is 1.27 bits per heavy atom. The molecule has 0 spiro atoms. The normalized spacial score (nSPS) is 31.3. The van der Waals surface area contributed by atoms with Crippen LogP contribution >= 0.6 is 108 Å². The van der Waals surface area contributed by atoms with E-state index in [2.05, 4.69) is 139 Å². The Bertz CT molecular complexity index is 652. The van der Waals surface area contributed by atoms with Gasteiger partial charge in [-0.3, -0.25) is 9.98 Å². The van der Waals surface area contributed by atoms with Crippen LogP contribution in [0.1, 0.15) is 106 Å². The van der Waals surface area contributed by atoms with E-state index < -0.39 is 11.7 Å². The molecule has 0 aliphatic heterocycles. The first-order chi connectivity index (χ1) is 17.4. The molecule has 0 amide bonds. The summed E-state index contributed by atoms with van der Waals surface area (Å²) in [5.74, 6) is 4.43. The number of unbranched alkanes of at least 4 members (excludes halogenated alkanes) is 1. The van der Waals surface area contributed by atoms with Gasteiger partial charge >= 0.3 is 54.6 Å². The molecule has 6 saturated carbocycles. The molecule has 0 aromatic carbocycles. The first kappa shape index (κ1) is 43.0. The zero-order valence-electron chi connectivity index (χ0n) is 24.6. The van der Waals surface area contributed by atoms with Crippen molar-refractivity contribution in [3.63, 3.8) is 0 Å². The molecule has 4 bridgehead atoms. The summed E-state index contributed by atoms with van der Waals surface area (Å²) in [6, 6.07) is 0. The van der Waals surface area contributed by atoms with Gasteiger partial charge in [-0.15, -0.1) is 0 Å². The van der Waals surface area contributed by atoms with E-state index in [1.165, 1.54) is 63.5 Å². The Hall–Kier alpha value is 3.85. The van der Waals surface area contributed by atoms with E-state index in [9.17, 15) is 0 Å². The molecule has 6 rings (SSSR count). The molecule has 0 N–H and O–H groups in total. The third kappa shape index (κ3) is 13.6. The first-order valence-corrected chi connectivity index (χ1v) is 34.8. The van der Waals surface area contributed by atoms with E-state index in [0.29, 0.717) is 10.8 Å². The fraction of sp³-hybridized carbons (Fsp3) is 0.926. The Morgan fingerprint density at radius 3 is 1.57 bits per heavy atom. The minimum atomic E-state index is -0.823. The second-order valence-electron chi connectivity index (χ2n) is 11.5. The molecular formula is C27H50B2I6N2. The standard InChI is InChI=1S/C13H23N.C10H17N.C4H10.BI3.BI.I2/c1-5-6-9-7-10-8-11(12(9)14-4)13(10,2)3;1-10(2)7-4-5-9(11-3)8(10)6-7;1-3-4-2;1-4(2)3;2*1-2/h9-11H,5-8H2,1-4H3;7-8H,4-6H2,1-3H3;3-4H2,1-2H3;;;/t9-,10-,11-;7-,8-;;;;/m00..../s1. The van der Waals surface area contributed by atoms with Gasteiger partial charge in [-0.2, -0.15) is 22.4 Å². The maximum absolute atomic E-state index is 5.24. The molecule has 2 nitrogen and oxygen atoms in total. The molecule has 0 unspecified atom stereocenters. The van der Waals surface area contributed by atoms with Crippen molar-refractivity contribution in [2.45, 2.75) is 106 Å². The van der Waals surface area contributed by atoms with E-state index in [4.69, 9.17) is 5.70 Å². The van der Waals surface area contributed by atoms with Gasteiger partial charge in [0.15, 0.2) is 5.70 Å². The Kier molecular flexibility index (Phi) is 27.0. The van der Waals surface area contributed by atoms with Gasteiger partial charge in [0, 0.05) is 74.6 Å². The quantitative estimate of drug-likeness (QED) is 0.199. The Labute approximate surface area is 297 Å². The summed E-state index contributed by atoms with van der Waals surface area (Å²) in [6.07, 6.45) is 12.2. The van der Waals surface area contributed by atoms with Gasteiger partial charge in [0.25, 0.3) is 0 Å². The van der Waals surface area contributed by atoms with Gasteiger partial charge in [0.2, 0.25) is 0 Å². The van der Waals surface area contributed by atoms with Gasteiger partial charge in [0.1, 0.15) is 0 Å². The zero-order valence-corrected chi connectivity index (χ0v) is 37.5. The van der Waals surface area contributed by atoms with Crippen LogP contribution in [0.15, 0.2) is 9.98 Å². The van der Waals surface area contributed by atoms with Crippen molar-refractivity contribution in [2.75, 3.05) is 14.1 Å². The molecule has 4 radical (unpaired) electrons. The number of aliphatic imine (C=N–C) groups is 2. The SMILES string of the molecule is CCCC.CCC[C@H]1C[C@H]2C[C@@H](C1=NC)C2(C)C.CN=C1CC[C@H]2C[C@@H]1C2(C)C.II.[B]I.[B]I(I)I. The minimum absolute atomic E-state index is 0.555. The number of hydrogen-bond acceptors (Lipinski definition) is 2. The molecule has 0 aromatic rings. The van der Waals surface area contributed by atoms with Crippen LogP contribution in [0.3, 0.4) is 0 Å². The number of hydrogen-bond donors (Lipinski definition) is 0. The average molecular weight is 1190 g/mol. The van der Waals surface area contributed by atoms with E-state index >= 15 is 0 Å². The molecule has 37 heavy (non-hydrogen) atoms. The van der Waals surface area contributed by atoms with E-state index in [0.717, 1.165) is 29.6 Å². The van der Waals surface area contributed by atoms with Crippen molar-refractivity contribution < 1.29 is 0 Å². The van der Waals surface area contributed by atoms with Crippen LogP contribution in [0, 0.1) is 40.4 Å². The molecule has 6 aliphatic rings. The second-order valence-corrected chi connectivity index (χ2v) is 35.0. The van der Waals surface area contributed by atoms with Crippen molar-refractivity contribution in [3.8, 4) is 0 Å². The van der Waals surface area contributed by atoms with E-state index in [-0.39, 0.29) is 0 Å². The van der Waals surface area contributed by atoms with Crippen LogP contribution in [0.5, 0.6) is 0 Å². The fourth-order valence-electron chi connectivity index (χ4n) is 6.45. The van der Waals surface area contributed by atoms with Gasteiger partial charge < -0.3 is 0 Å². The van der Waals surface area contributed by atoms with Gasteiger partial charge in [-0.1, -0.05) is 67.7 Å². The van der Waals surface area contributed by atoms with Crippen LogP contribution in [0.2, 0.25) is 0 Å². The van der Waals surface area contributed by atoms with E-state index in [1.54, 1.807) is 28.1 Å². The third-order valence-corrected chi connectivity index (χ3v) is 9.12. The molecule has 5 atom stereocenters. The summed E-state index contributed by atoms with van der Waals surface area (Å²) in [7, 11) is 3.94. The summed E-state index contributed by atoms with van der Waals surface area (Å²) in [6.45, 7) is 16.3. The number of halogens is 6. The summed E-state index contributed by atoms with van der Waals surface area (Å²) in [5, 5.41) is 0. The molecule has 0 saturated heterocycles. The summed E-state index contributed by atoms with van der Waals surface area (Å²) in [5.41, 5.74) is 13.9. The van der Waals surface area contributed by atoms with Crippen LogP contribution in [-0.4, -0.2) is 36.9 Å². The van der Waals surface area contributed by atoms with Crippen LogP contribution in [0.25, 0.3) is 0 Å². The molecule has 6 fully saturated rings. The molecular weight excluding hydrogens is 1140 g/mol. The topological polar surface area (TPSA) is 24.7 Å². The van der Waals surface area contributed by atoms with Gasteiger partial charge in [-0.05, 0) is 67.1 Å². The van der Waals surface area contributed by atoms with Gasteiger partial charge in [-0.25, -0.2) is 0 Å². The third-order valence-electron chi connectivity index (χ3n) is 9.12. The average Bonchev–Trinajstić information content (AvgIpc) is 2.91. The Morgan fingerprint density at radius 1 is 0.811 bits per heavy atom. The predicted octanol–water partition coefficient (Wildman–Crippen LogP) is 12.4. The summed E-state index contributed by atoms with van der Waals surface area (Å²) in [4.78, 5) is 8.96. The van der Waals surface area contributed by atoms with Crippen molar-refractivity contribution in [1.29, 1.82) is 0 Å².